The van der Waals surface area contributed by atoms with Crippen LogP contribution >= 0.6 is 0 Å². The molecule has 0 N–H and O–H groups in total. The Kier molecular flexibility index (Phi) is 8.31. The summed E-state index contributed by atoms with van der Waals surface area (Å²) in [6.45, 7) is 2.30. The fourth-order valence-corrected chi connectivity index (χ4v) is 4.70. The Labute approximate surface area is 143 Å². The van der Waals surface area contributed by atoms with E-state index in [4.69, 9.17) is 5.26 Å². The van der Waals surface area contributed by atoms with E-state index in [2.05, 4.69) is 24.8 Å². The van der Waals surface area contributed by atoms with Crippen molar-refractivity contribution in [2.45, 2.75) is 84.0 Å². The number of hydrogen-bond acceptors (Lipinski definition) is 1. The summed E-state index contributed by atoms with van der Waals surface area (Å²) in [5.41, 5.74) is 0. The third kappa shape index (κ3) is 6.43. The molecule has 0 amide bonds. The molecule has 0 aliphatic heterocycles. The molecular weight excluding hydrogens is 278 g/mol. The highest BCUT2D eigenvalue weighted by Gasteiger charge is 2.30. The van der Waals surface area contributed by atoms with Gasteiger partial charge in [0.2, 0.25) is 0 Å². The Morgan fingerprint density at radius 1 is 0.913 bits per heavy atom. The Bertz CT molecular complexity index is 443. The van der Waals surface area contributed by atoms with Crippen molar-refractivity contribution in [3.8, 4) is 17.9 Å². The van der Waals surface area contributed by atoms with E-state index >= 15 is 0 Å². The van der Waals surface area contributed by atoms with Gasteiger partial charge in [0.15, 0.2) is 6.07 Å². The van der Waals surface area contributed by atoms with Crippen LogP contribution in [0.5, 0.6) is 0 Å². The van der Waals surface area contributed by atoms with Crippen LogP contribution in [0.1, 0.15) is 84.0 Å². The third-order valence-electron chi connectivity index (χ3n) is 6.17. The van der Waals surface area contributed by atoms with E-state index in [1.165, 1.54) is 77.0 Å². The minimum Gasteiger partial charge on any atom is -0.183 e. The molecule has 2 fully saturated rings. The Hall–Kier alpha value is -1.21. The van der Waals surface area contributed by atoms with Crippen LogP contribution in [-0.2, 0) is 0 Å². The maximum absolute atomic E-state index is 8.40. The first-order valence-electron chi connectivity index (χ1n) is 9.89. The first kappa shape index (κ1) is 18.1. The smallest absolute Gasteiger partial charge is 0.152 e. The molecule has 0 atom stereocenters. The molecule has 23 heavy (non-hydrogen) atoms. The summed E-state index contributed by atoms with van der Waals surface area (Å²) in [5, 5.41) is 8.40. The molecule has 2 saturated carbocycles. The second-order valence-electron chi connectivity index (χ2n) is 7.69. The zero-order valence-electron chi connectivity index (χ0n) is 14.9. The van der Waals surface area contributed by atoms with E-state index in [1.54, 1.807) is 0 Å². The lowest BCUT2D eigenvalue weighted by atomic mass is 9.68. The summed E-state index contributed by atoms with van der Waals surface area (Å²) < 4.78 is 0. The van der Waals surface area contributed by atoms with Gasteiger partial charge in [-0.05, 0) is 68.3 Å². The summed E-state index contributed by atoms with van der Waals surface area (Å²) in [5.74, 6) is 8.97. The van der Waals surface area contributed by atoms with Crippen molar-refractivity contribution in [1.82, 2.24) is 0 Å². The van der Waals surface area contributed by atoms with Crippen LogP contribution in [0.25, 0.3) is 0 Å². The van der Waals surface area contributed by atoms with Crippen molar-refractivity contribution in [3.63, 3.8) is 0 Å². The van der Waals surface area contributed by atoms with Crippen LogP contribution in [0, 0.1) is 46.8 Å². The van der Waals surface area contributed by atoms with E-state index in [0.717, 1.165) is 17.8 Å². The summed E-state index contributed by atoms with van der Waals surface area (Å²) in [4.78, 5) is 0. The molecule has 2 aliphatic rings. The lowest BCUT2D eigenvalue weighted by molar-refractivity contribution is 0.151. The van der Waals surface area contributed by atoms with Crippen molar-refractivity contribution in [1.29, 1.82) is 5.26 Å². The lowest BCUT2D eigenvalue weighted by Gasteiger charge is -2.37. The summed E-state index contributed by atoms with van der Waals surface area (Å²) in [6.07, 6.45) is 21.3. The van der Waals surface area contributed by atoms with Crippen molar-refractivity contribution in [2.24, 2.45) is 23.7 Å². The number of hydrogen-bond donors (Lipinski definition) is 0. The molecule has 0 unspecified atom stereocenters. The van der Waals surface area contributed by atoms with Gasteiger partial charge in [0.1, 0.15) is 0 Å². The zero-order chi connectivity index (χ0) is 16.3. The first-order valence-corrected chi connectivity index (χ1v) is 9.89. The Morgan fingerprint density at radius 2 is 1.57 bits per heavy atom. The molecule has 2 aliphatic carbocycles. The summed E-state index contributed by atoms with van der Waals surface area (Å²) >= 11 is 0. The maximum atomic E-state index is 8.40. The second-order valence-corrected chi connectivity index (χ2v) is 7.69. The van der Waals surface area contributed by atoms with Crippen LogP contribution < -0.4 is 0 Å². The number of nitriles is 1. The van der Waals surface area contributed by atoms with E-state index in [0.29, 0.717) is 5.92 Å². The van der Waals surface area contributed by atoms with E-state index in [-0.39, 0.29) is 0 Å². The van der Waals surface area contributed by atoms with Crippen molar-refractivity contribution in [3.05, 3.63) is 12.2 Å². The molecule has 0 radical (unpaired) electrons. The monoisotopic (exact) mass is 311 g/mol. The molecular formula is C22H33N. The first-order chi connectivity index (χ1) is 11.3. The van der Waals surface area contributed by atoms with Crippen molar-refractivity contribution in [2.75, 3.05) is 0 Å². The van der Waals surface area contributed by atoms with Gasteiger partial charge in [0, 0.05) is 5.92 Å². The van der Waals surface area contributed by atoms with Gasteiger partial charge < -0.3 is 0 Å². The van der Waals surface area contributed by atoms with Crippen molar-refractivity contribution < 1.29 is 0 Å². The minimum atomic E-state index is 0.699. The lowest BCUT2D eigenvalue weighted by Crippen LogP contribution is -2.25. The molecule has 1 heteroatoms. The highest BCUT2D eigenvalue weighted by molar-refractivity contribution is 5.25. The van der Waals surface area contributed by atoms with Gasteiger partial charge in [0.25, 0.3) is 0 Å². The average molecular weight is 312 g/mol. The van der Waals surface area contributed by atoms with Gasteiger partial charge in [-0.1, -0.05) is 57.4 Å². The predicted molar refractivity (Wildman–Crippen MR) is 97.6 cm³/mol. The van der Waals surface area contributed by atoms with Gasteiger partial charge in [-0.2, -0.15) is 5.26 Å². The number of rotatable bonds is 6. The molecule has 0 bridgehead atoms. The molecule has 1 nitrogen and oxygen atoms in total. The highest BCUT2D eigenvalue weighted by atomic mass is 14.4. The minimum absolute atomic E-state index is 0.699. The van der Waals surface area contributed by atoms with E-state index in [1.807, 2.05) is 12.1 Å². The zero-order valence-corrected chi connectivity index (χ0v) is 14.9. The fourth-order valence-electron chi connectivity index (χ4n) is 4.70. The normalized spacial score (nSPS) is 31.3. The second kappa shape index (κ2) is 10.5. The molecule has 0 saturated heterocycles. The van der Waals surface area contributed by atoms with Gasteiger partial charge in [-0.15, -0.1) is 0 Å². The summed E-state index contributed by atoms with van der Waals surface area (Å²) in [6, 6.07) is 1.86. The molecule has 0 aromatic heterocycles. The molecule has 0 aromatic carbocycles. The van der Waals surface area contributed by atoms with Gasteiger partial charge in [-0.3, -0.25) is 0 Å². The molecule has 0 heterocycles. The molecule has 0 spiro atoms. The fraction of sp³-hybridized carbons (Fsp3) is 0.773. The largest absolute Gasteiger partial charge is 0.183 e. The van der Waals surface area contributed by atoms with Crippen LogP contribution in [0.2, 0.25) is 0 Å². The summed E-state index contributed by atoms with van der Waals surface area (Å²) in [7, 11) is 0. The average Bonchev–Trinajstić information content (AvgIpc) is 2.60. The number of unbranched alkanes of at least 4 members (excludes halogenated alkanes) is 2. The topological polar surface area (TPSA) is 23.8 Å². The van der Waals surface area contributed by atoms with Crippen LogP contribution in [-0.4, -0.2) is 0 Å². The van der Waals surface area contributed by atoms with Crippen LogP contribution in [0.4, 0.5) is 0 Å². The third-order valence-corrected chi connectivity index (χ3v) is 6.17. The molecule has 126 valence electrons. The Morgan fingerprint density at radius 3 is 2.17 bits per heavy atom. The predicted octanol–water partition coefficient (Wildman–Crippen LogP) is 6.26. The van der Waals surface area contributed by atoms with Gasteiger partial charge in [-0.25, -0.2) is 0 Å². The standard InChI is InChI=1S/C22H33N/c1-2-3-5-8-19-10-14-21(15-11-19)22-16-12-20(13-17-22)9-6-4-7-18-23/h6,9,19-22H,2-3,5,8,10-17H2,1H3/t19-,20-,21-,22-. The molecule has 2 rings (SSSR count). The van der Waals surface area contributed by atoms with Crippen LogP contribution in [0.3, 0.4) is 0 Å². The van der Waals surface area contributed by atoms with E-state index < -0.39 is 0 Å². The Balaban J connectivity index is 1.65. The van der Waals surface area contributed by atoms with Crippen molar-refractivity contribution >= 4 is 0 Å². The highest BCUT2D eigenvalue weighted by Crippen LogP contribution is 2.42. The van der Waals surface area contributed by atoms with Crippen LogP contribution in [0.15, 0.2) is 12.2 Å². The van der Waals surface area contributed by atoms with E-state index in [9.17, 15) is 0 Å². The number of allylic oxidation sites excluding steroid dienone is 2. The van der Waals surface area contributed by atoms with Gasteiger partial charge >= 0.3 is 0 Å². The van der Waals surface area contributed by atoms with Gasteiger partial charge in [0.05, 0.1) is 0 Å². The SMILES string of the molecule is CCCCC[C@H]1CC[C@H]([C@H]2CC[C@H](C=CC#CC#N)CC2)CC1. The maximum Gasteiger partial charge on any atom is 0.152 e. The number of nitrogens with zero attached hydrogens (tertiary/aromatic N) is 1. The molecule has 0 aromatic rings. The quantitative estimate of drug-likeness (QED) is 0.419.